The molecule has 0 aromatic heterocycles. The molecule has 7 heteroatoms. The van der Waals surface area contributed by atoms with E-state index in [9.17, 15) is 4.79 Å². The number of thiol groups is 1. The molecule has 0 aliphatic heterocycles. The van der Waals surface area contributed by atoms with Crippen LogP contribution in [-0.2, 0) is 11.4 Å². The molecule has 0 radical (unpaired) electrons. The lowest BCUT2D eigenvalue weighted by Gasteiger charge is -2.05. The van der Waals surface area contributed by atoms with E-state index < -0.39 is 5.91 Å². The molecule has 2 aromatic rings. The number of allylic oxidation sites excluding steroid dienone is 2. The molecule has 0 aliphatic carbocycles. The maximum Gasteiger partial charge on any atom is 0.266 e. The lowest BCUT2D eigenvalue weighted by Crippen LogP contribution is -2.12. The molecule has 6 nitrogen and oxygen atoms in total. The van der Waals surface area contributed by atoms with Gasteiger partial charge >= 0.3 is 0 Å². The summed E-state index contributed by atoms with van der Waals surface area (Å²) in [5.41, 5.74) is 11.7. The van der Waals surface area contributed by atoms with E-state index in [2.05, 4.69) is 48.0 Å². The number of aliphatic imine (C=N–C) groups is 1. The van der Waals surface area contributed by atoms with Gasteiger partial charge in [0.2, 0.25) is 0 Å². The van der Waals surface area contributed by atoms with Crippen LogP contribution in [0.15, 0.2) is 65.8 Å². The van der Waals surface area contributed by atoms with E-state index in [4.69, 9.17) is 10.8 Å². The fourth-order valence-electron chi connectivity index (χ4n) is 2.18. The number of aliphatic hydroxyl groups excluding tert-OH is 1. The van der Waals surface area contributed by atoms with Gasteiger partial charge in [-0.15, -0.1) is 6.58 Å². The van der Waals surface area contributed by atoms with Gasteiger partial charge < -0.3 is 21.9 Å². The van der Waals surface area contributed by atoms with Crippen LogP contribution in [0, 0.1) is 0 Å². The lowest BCUT2D eigenvalue weighted by atomic mass is 10.1. The topological polar surface area (TPSA) is 114 Å². The molecule has 0 aliphatic rings. The average Bonchev–Trinajstić information content (AvgIpc) is 2.79. The van der Waals surface area contributed by atoms with Crippen molar-refractivity contribution in [2.75, 3.05) is 18.2 Å². The summed E-state index contributed by atoms with van der Waals surface area (Å²) in [6, 6.07) is 12.1. The molecule has 0 fully saturated rings. The predicted molar refractivity (Wildman–Crippen MR) is 135 cm³/mol. The Morgan fingerprint density at radius 3 is 2.27 bits per heavy atom. The fourth-order valence-corrected chi connectivity index (χ4v) is 2.36. The second-order valence-corrected chi connectivity index (χ2v) is 5.68. The Morgan fingerprint density at radius 1 is 1.17 bits per heavy atom. The van der Waals surface area contributed by atoms with Gasteiger partial charge in [0.1, 0.15) is 5.70 Å². The minimum Gasteiger partial charge on any atom is -0.392 e. The molecule has 0 unspecified atom stereocenters. The largest absolute Gasteiger partial charge is 0.392 e. The molecular weight excluding hydrogens is 396 g/mol. The minimum absolute atomic E-state index is 0.0899. The van der Waals surface area contributed by atoms with Crippen molar-refractivity contribution in [3.63, 3.8) is 0 Å². The number of anilines is 1. The lowest BCUT2D eigenvalue weighted by molar-refractivity contribution is -0.114. The zero-order valence-corrected chi connectivity index (χ0v) is 19.2. The summed E-state index contributed by atoms with van der Waals surface area (Å²) in [7, 11) is 1.50. The molecule has 166 valence electrons. The monoisotopic (exact) mass is 432 g/mol. The molecule has 2 aromatic carbocycles. The second-order valence-electron chi connectivity index (χ2n) is 5.37. The van der Waals surface area contributed by atoms with E-state index in [0.29, 0.717) is 5.88 Å². The Bertz CT molecular complexity index is 792. The Morgan fingerprint density at radius 2 is 1.77 bits per heavy atom. The number of nitrogens with two attached hydrogens (primary N) is 2. The number of primary amides is 1. The van der Waals surface area contributed by atoms with Crippen molar-refractivity contribution in [2.24, 2.45) is 16.5 Å². The van der Waals surface area contributed by atoms with Crippen LogP contribution in [0.25, 0.3) is 10.8 Å². The molecule has 0 atom stereocenters. The van der Waals surface area contributed by atoms with Gasteiger partial charge in [0.05, 0.1) is 12.5 Å². The summed E-state index contributed by atoms with van der Waals surface area (Å²) in [5, 5.41) is 14.5. The van der Waals surface area contributed by atoms with Crippen LogP contribution < -0.4 is 16.8 Å². The molecule has 0 spiro atoms. The molecule has 2 rings (SSSR count). The smallest absolute Gasteiger partial charge is 0.266 e. The summed E-state index contributed by atoms with van der Waals surface area (Å²) in [6.07, 6.45) is 4.95. The second kappa shape index (κ2) is 19.7. The van der Waals surface area contributed by atoms with E-state index in [-0.39, 0.29) is 12.3 Å². The van der Waals surface area contributed by atoms with E-state index in [0.717, 1.165) is 29.5 Å². The standard InChI is InChI=1S/C12H13NOS.C8H12N2O.C2H6.CH5N/c14-7-9-1-2-11-6-12(13-8-15)4-3-10(11)5-9;1-3-4-5-6-7(10-2)8(9)11;2*1-2/h1-6,13-15H,7-8H2;3,6H,1-2,4-5H2,(H2,9,11);1-2H3;2H2,1H3/b;7-6+;;. The number of nitrogens with zero attached hydrogens (tertiary/aromatic N) is 1. The number of carbonyl (C=O) groups is 1. The van der Waals surface area contributed by atoms with Gasteiger partial charge in [-0.25, -0.2) is 0 Å². The minimum atomic E-state index is -0.538. The summed E-state index contributed by atoms with van der Waals surface area (Å²) in [6.45, 7) is 10.8. The summed E-state index contributed by atoms with van der Waals surface area (Å²) in [5.74, 6) is 0.0873. The first-order chi connectivity index (χ1) is 14.5. The van der Waals surface area contributed by atoms with Crippen molar-refractivity contribution < 1.29 is 9.90 Å². The molecule has 0 bridgehead atoms. The fraction of sp³-hybridized carbons (Fsp3) is 0.304. The number of unbranched alkanes of at least 4 members (excludes halogenated alkanes) is 1. The van der Waals surface area contributed by atoms with Gasteiger partial charge in [-0.3, -0.25) is 9.79 Å². The molecule has 0 saturated carbocycles. The van der Waals surface area contributed by atoms with Crippen molar-refractivity contribution >= 4 is 41.7 Å². The maximum atomic E-state index is 10.5. The van der Waals surface area contributed by atoms with E-state index in [1.807, 2.05) is 44.2 Å². The van der Waals surface area contributed by atoms with Gasteiger partial charge in [0, 0.05) is 5.69 Å². The van der Waals surface area contributed by atoms with Crippen LogP contribution in [-0.4, -0.2) is 30.7 Å². The normalized spacial score (nSPS) is 9.60. The maximum absolute atomic E-state index is 10.5. The molecule has 6 N–H and O–H groups in total. The molecule has 0 heterocycles. The summed E-state index contributed by atoms with van der Waals surface area (Å²) < 4.78 is 0. The van der Waals surface area contributed by atoms with E-state index in [1.54, 1.807) is 12.2 Å². The first kappa shape index (κ1) is 29.6. The zero-order chi connectivity index (χ0) is 23.4. The first-order valence-electron chi connectivity index (χ1n) is 9.69. The Balaban J connectivity index is 0. The van der Waals surface area contributed by atoms with Gasteiger partial charge in [0.25, 0.3) is 5.91 Å². The Kier molecular flexibility index (Phi) is 19.4. The number of amides is 1. The van der Waals surface area contributed by atoms with Gasteiger partial charge in [-0.2, -0.15) is 12.6 Å². The van der Waals surface area contributed by atoms with Crippen molar-refractivity contribution in [2.45, 2.75) is 33.3 Å². The number of benzene rings is 2. The predicted octanol–water partition coefficient (Wildman–Crippen LogP) is 4.25. The number of aliphatic hydroxyl groups is 1. The molecule has 30 heavy (non-hydrogen) atoms. The third kappa shape index (κ3) is 12.1. The number of fused-ring (bicyclic) bond motifs is 1. The average molecular weight is 433 g/mol. The number of hydrogen-bond acceptors (Lipinski definition) is 6. The first-order valence-corrected chi connectivity index (χ1v) is 10.3. The third-order valence-electron chi connectivity index (χ3n) is 3.50. The van der Waals surface area contributed by atoms with Crippen LogP contribution >= 0.6 is 12.6 Å². The molecular formula is C23H36N4O2S. The molecule has 1 amide bonds. The van der Waals surface area contributed by atoms with Crippen molar-refractivity contribution in [1.82, 2.24) is 0 Å². The number of rotatable bonds is 8. The zero-order valence-electron chi connectivity index (χ0n) is 18.3. The van der Waals surface area contributed by atoms with E-state index >= 15 is 0 Å². The quantitative estimate of drug-likeness (QED) is 0.107. The van der Waals surface area contributed by atoms with Gasteiger partial charge in [0.15, 0.2) is 0 Å². The van der Waals surface area contributed by atoms with Crippen LogP contribution in [0.3, 0.4) is 0 Å². The highest BCUT2D eigenvalue weighted by atomic mass is 32.1. The highest BCUT2D eigenvalue weighted by Crippen LogP contribution is 2.20. The van der Waals surface area contributed by atoms with Crippen molar-refractivity contribution in [3.8, 4) is 0 Å². The highest BCUT2D eigenvalue weighted by molar-refractivity contribution is 7.80. The van der Waals surface area contributed by atoms with E-state index in [1.165, 1.54) is 12.4 Å². The van der Waals surface area contributed by atoms with Crippen molar-refractivity contribution in [1.29, 1.82) is 0 Å². The highest BCUT2D eigenvalue weighted by Gasteiger charge is 1.98. The number of nitrogens with one attached hydrogen (secondary N) is 1. The van der Waals surface area contributed by atoms with Crippen LogP contribution in [0.5, 0.6) is 0 Å². The number of carbonyl (C=O) groups excluding carboxylic acids is 1. The van der Waals surface area contributed by atoms with Gasteiger partial charge in [-0.05, 0) is 61.1 Å². The third-order valence-corrected chi connectivity index (χ3v) is 3.66. The van der Waals surface area contributed by atoms with Crippen LogP contribution in [0.2, 0.25) is 0 Å². The Labute approximate surface area is 186 Å². The van der Waals surface area contributed by atoms with Crippen LogP contribution in [0.1, 0.15) is 32.3 Å². The number of hydrogen-bond donors (Lipinski definition) is 5. The van der Waals surface area contributed by atoms with Crippen LogP contribution in [0.4, 0.5) is 5.69 Å². The summed E-state index contributed by atoms with van der Waals surface area (Å²) >= 11 is 4.11. The van der Waals surface area contributed by atoms with Crippen molar-refractivity contribution in [3.05, 3.63) is 66.4 Å². The Hall–Kier alpha value is -2.61. The SMILES string of the molecule is C=CCC/C=C(/N=C)C(N)=O.CC.CN.OCc1ccc2cc(NCS)ccc2c1. The molecule has 0 saturated heterocycles. The summed E-state index contributed by atoms with van der Waals surface area (Å²) in [4.78, 5) is 14.0. The van der Waals surface area contributed by atoms with Gasteiger partial charge in [-0.1, -0.05) is 44.2 Å².